The van der Waals surface area contributed by atoms with Crippen LogP contribution in [0.25, 0.3) is 0 Å². The van der Waals surface area contributed by atoms with E-state index in [9.17, 15) is 9.90 Å². The van der Waals surface area contributed by atoms with E-state index in [4.69, 9.17) is 0 Å². The molecule has 0 bridgehead atoms. The van der Waals surface area contributed by atoms with Crippen LogP contribution < -0.4 is 5.32 Å². The third kappa shape index (κ3) is 3.73. The molecule has 1 aromatic rings. The topological polar surface area (TPSA) is 62.2 Å². The Morgan fingerprint density at radius 1 is 1.53 bits per heavy atom. The van der Waals surface area contributed by atoms with Crippen molar-refractivity contribution in [3.8, 4) is 5.75 Å². The molecule has 0 aliphatic carbocycles. The SMILES string of the molecule is CC(CNC(=O)c1ccncc1O)C(C)(C)C. The minimum Gasteiger partial charge on any atom is -0.505 e. The van der Waals surface area contributed by atoms with Crippen molar-refractivity contribution in [2.24, 2.45) is 11.3 Å². The molecule has 0 radical (unpaired) electrons. The first-order valence-electron chi connectivity index (χ1n) is 5.73. The van der Waals surface area contributed by atoms with E-state index in [0.29, 0.717) is 12.5 Å². The van der Waals surface area contributed by atoms with Crippen LogP contribution >= 0.6 is 0 Å². The lowest BCUT2D eigenvalue weighted by Crippen LogP contribution is -2.33. The molecule has 94 valence electrons. The number of rotatable bonds is 3. The van der Waals surface area contributed by atoms with Crippen molar-refractivity contribution in [1.29, 1.82) is 0 Å². The molecule has 4 nitrogen and oxygen atoms in total. The van der Waals surface area contributed by atoms with Gasteiger partial charge in [0.15, 0.2) is 0 Å². The highest BCUT2D eigenvalue weighted by molar-refractivity contribution is 5.96. The van der Waals surface area contributed by atoms with Gasteiger partial charge in [0.25, 0.3) is 5.91 Å². The molecule has 1 rings (SSSR count). The number of carbonyl (C=O) groups excluding carboxylic acids is 1. The van der Waals surface area contributed by atoms with E-state index in [0.717, 1.165) is 0 Å². The minimum absolute atomic E-state index is 0.0894. The molecular formula is C13H20N2O2. The highest BCUT2D eigenvalue weighted by Crippen LogP contribution is 2.24. The van der Waals surface area contributed by atoms with Gasteiger partial charge in [-0.15, -0.1) is 0 Å². The average Bonchev–Trinajstić information content (AvgIpc) is 2.24. The Balaban J connectivity index is 2.60. The van der Waals surface area contributed by atoms with Crippen molar-refractivity contribution in [3.05, 3.63) is 24.0 Å². The van der Waals surface area contributed by atoms with Gasteiger partial charge >= 0.3 is 0 Å². The lowest BCUT2D eigenvalue weighted by Gasteiger charge is -2.27. The Morgan fingerprint density at radius 2 is 2.18 bits per heavy atom. The molecule has 0 fully saturated rings. The molecule has 1 amide bonds. The quantitative estimate of drug-likeness (QED) is 0.845. The highest BCUT2D eigenvalue weighted by atomic mass is 16.3. The number of hydrogen-bond donors (Lipinski definition) is 2. The Bertz CT molecular complexity index is 397. The van der Waals surface area contributed by atoms with Crippen LogP contribution in [0.5, 0.6) is 5.75 Å². The van der Waals surface area contributed by atoms with Gasteiger partial charge in [0.05, 0.1) is 11.8 Å². The van der Waals surface area contributed by atoms with Crippen LogP contribution in [-0.4, -0.2) is 22.5 Å². The third-order valence-electron chi connectivity index (χ3n) is 3.09. The number of aromatic nitrogens is 1. The predicted molar refractivity (Wildman–Crippen MR) is 66.9 cm³/mol. The van der Waals surface area contributed by atoms with Crippen LogP contribution in [0.1, 0.15) is 38.1 Å². The molecule has 1 aromatic heterocycles. The van der Waals surface area contributed by atoms with Gasteiger partial charge in [-0.3, -0.25) is 9.78 Å². The summed E-state index contributed by atoms with van der Waals surface area (Å²) in [4.78, 5) is 15.5. The molecule has 4 heteroatoms. The summed E-state index contributed by atoms with van der Waals surface area (Å²) < 4.78 is 0. The number of nitrogens with one attached hydrogen (secondary N) is 1. The monoisotopic (exact) mass is 236 g/mol. The summed E-state index contributed by atoms with van der Waals surface area (Å²) in [6.07, 6.45) is 2.75. The molecule has 1 atom stereocenters. The zero-order valence-electron chi connectivity index (χ0n) is 10.8. The smallest absolute Gasteiger partial charge is 0.255 e. The molecule has 0 saturated heterocycles. The minimum atomic E-state index is -0.263. The average molecular weight is 236 g/mol. The van der Waals surface area contributed by atoms with Gasteiger partial charge in [-0.25, -0.2) is 0 Å². The summed E-state index contributed by atoms with van der Waals surface area (Å²) in [5, 5.41) is 12.3. The maximum Gasteiger partial charge on any atom is 0.255 e. The van der Waals surface area contributed by atoms with Gasteiger partial charge in [-0.1, -0.05) is 27.7 Å². The number of aromatic hydroxyl groups is 1. The van der Waals surface area contributed by atoms with E-state index in [1.165, 1.54) is 18.5 Å². The second kappa shape index (κ2) is 5.17. The number of carbonyl (C=O) groups is 1. The molecular weight excluding hydrogens is 216 g/mol. The second-order valence-corrected chi connectivity index (χ2v) is 5.37. The first-order valence-corrected chi connectivity index (χ1v) is 5.73. The van der Waals surface area contributed by atoms with Crippen molar-refractivity contribution in [1.82, 2.24) is 10.3 Å². The summed E-state index contributed by atoms with van der Waals surface area (Å²) in [5.41, 5.74) is 0.411. The molecule has 1 unspecified atom stereocenters. The fourth-order valence-corrected chi connectivity index (χ4v) is 1.23. The second-order valence-electron chi connectivity index (χ2n) is 5.37. The molecule has 0 spiro atoms. The summed E-state index contributed by atoms with van der Waals surface area (Å²) in [7, 11) is 0. The normalized spacial score (nSPS) is 13.2. The standard InChI is InChI=1S/C13H20N2O2/c1-9(13(2,3)4)7-15-12(17)10-5-6-14-8-11(10)16/h5-6,8-9,16H,7H2,1-4H3,(H,15,17). The maximum atomic E-state index is 11.8. The van der Waals surface area contributed by atoms with Crippen molar-refractivity contribution < 1.29 is 9.90 Å². The molecule has 0 aliphatic rings. The maximum absolute atomic E-state index is 11.8. The summed E-state index contributed by atoms with van der Waals surface area (Å²) in [5.74, 6) is 0.00448. The van der Waals surface area contributed by atoms with E-state index in [1.807, 2.05) is 0 Å². The Kier molecular flexibility index (Phi) is 4.10. The molecule has 0 saturated carbocycles. The van der Waals surface area contributed by atoms with Gasteiger partial charge in [0.1, 0.15) is 5.75 Å². The van der Waals surface area contributed by atoms with E-state index in [-0.39, 0.29) is 22.6 Å². The molecule has 0 aliphatic heterocycles. The van der Waals surface area contributed by atoms with Gasteiger partial charge in [-0.2, -0.15) is 0 Å². The predicted octanol–water partition coefficient (Wildman–Crippen LogP) is 2.20. The van der Waals surface area contributed by atoms with Crippen LogP contribution in [-0.2, 0) is 0 Å². The van der Waals surface area contributed by atoms with Crippen LogP contribution in [0.2, 0.25) is 0 Å². The summed E-state index contributed by atoms with van der Waals surface area (Å²) in [6, 6.07) is 1.51. The van der Waals surface area contributed by atoms with Crippen LogP contribution in [0, 0.1) is 11.3 Å². The Labute approximate surface area is 102 Å². The summed E-state index contributed by atoms with van der Waals surface area (Å²) in [6.45, 7) is 9.08. The van der Waals surface area contributed by atoms with Gasteiger partial charge < -0.3 is 10.4 Å². The largest absolute Gasteiger partial charge is 0.505 e. The van der Waals surface area contributed by atoms with Crippen molar-refractivity contribution in [2.45, 2.75) is 27.7 Å². The number of pyridine rings is 1. The fraction of sp³-hybridized carbons (Fsp3) is 0.538. The van der Waals surface area contributed by atoms with Crippen LogP contribution in [0.15, 0.2) is 18.5 Å². The van der Waals surface area contributed by atoms with Crippen molar-refractivity contribution in [2.75, 3.05) is 6.54 Å². The Morgan fingerprint density at radius 3 is 2.71 bits per heavy atom. The number of amides is 1. The van der Waals surface area contributed by atoms with Crippen molar-refractivity contribution >= 4 is 5.91 Å². The van der Waals surface area contributed by atoms with E-state index in [1.54, 1.807) is 0 Å². The van der Waals surface area contributed by atoms with E-state index in [2.05, 4.69) is 38.0 Å². The highest BCUT2D eigenvalue weighted by Gasteiger charge is 2.21. The molecule has 2 N–H and O–H groups in total. The molecule has 0 aromatic carbocycles. The number of nitrogens with zero attached hydrogens (tertiary/aromatic N) is 1. The molecule has 17 heavy (non-hydrogen) atoms. The van der Waals surface area contributed by atoms with Gasteiger partial charge in [0, 0.05) is 12.7 Å². The lowest BCUT2D eigenvalue weighted by molar-refractivity contribution is 0.0934. The third-order valence-corrected chi connectivity index (χ3v) is 3.09. The lowest BCUT2D eigenvalue weighted by atomic mass is 9.82. The van der Waals surface area contributed by atoms with E-state index >= 15 is 0 Å². The fourth-order valence-electron chi connectivity index (χ4n) is 1.23. The zero-order chi connectivity index (χ0) is 13.1. The van der Waals surface area contributed by atoms with Crippen LogP contribution in [0.4, 0.5) is 0 Å². The van der Waals surface area contributed by atoms with Gasteiger partial charge in [-0.05, 0) is 17.4 Å². The van der Waals surface area contributed by atoms with Crippen LogP contribution in [0.3, 0.4) is 0 Å². The van der Waals surface area contributed by atoms with Crippen molar-refractivity contribution in [3.63, 3.8) is 0 Å². The Hall–Kier alpha value is -1.58. The zero-order valence-corrected chi connectivity index (χ0v) is 10.8. The number of hydrogen-bond acceptors (Lipinski definition) is 3. The molecule has 1 heterocycles. The van der Waals surface area contributed by atoms with Gasteiger partial charge in [0.2, 0.25) is 0 Å². The first kappa shape index (κ1) is 13.5. The first-order chi connectivity index (χ1) is 7.82. The van der Waals surface area contributed by atoms with E-state index < -0.39 is 0 Å². The summed E-state index contributed by atoms with van der Waals surface area (Å²) >= 11 is 0.